The molecule has 1 aromatic heterocycles. The average Bonchev–Trinajstić information content (AvgIpc) is 2.42. The molecule has 0 aliphatic rings. The number of nitrogens with two attached hydrogens (primary N) is 1. The molecule has 1 aromatic carbocycles. The molecular formula is C13H12FN3O2. The van der Waals surface area contributed by atoms with Crippen LogP contribution in [0.4, 0.5) is 15.9 Å². The standard InChI is InChI=1S/C13H12FN3O2/c14-11-10(5-6-16-12(11)15)13(19)17-9-3-1-8(7-18)2-4-9/h1-6,18H,7H2,(H2,15,16)(H,17,19). The Morgan fingerprint density at radius 2 is 2.00 bits per heavy atom. The number of hydrogen-bond donors (Lipinski definition) is 3. The highest BCUT2D eigenvalue weighted by molar-refractivity contribution is 6.04. The van der Waals surface area contributed by atoms with Gasteiger partial charge in [-0.3, -0.25) is 4.79 Å². The zero-order chi connectivity index (χ0) is 13.8. The van der Waals surface area contributed by atoms with Gasteiger partial charge in [0.25, 0.3) is 5.91 Å². The quantitative estimate of drug-likeness (QED) is 0.782. The molecule has 4 N–H and O–H groups in total. The number of anilines is 2. The summed E-state index contributed by atoms with van der Waals surface area (Å²) in [6.45, 7) is -0.0796. The summed E-state index contributed by atoms with van der Waals surface area (Å²) in [5.41, 5.74) is 6.34. The van der Waals surface area contributed by atoms with Crippen molar-refractivity contribution in [3.05, 3.63) is 53.5 Å². The minimum Gasteiger partial charge on any atom is -0.392 e. The fraction of sp³-hybridized carbons (Fsp3) is 0.0769. The number of nitrogen functional groups attached to an aromatic ring is 1. The minimum atomic E-state index is -0.841. The average molecular weight is 261 g/mol. The summed E-state index contributed by atoms with van der Waals surface area (Å²) < 4.78 is 13.6. The highest BCUT2D eigenvalue weighted by Crippen LogP contribution is 2.15. The Bertz CT molecular complexity index is 599. The second-order valence-corrected chi connectivity index (χ2v) is 3.87. The van der Waals surface area contributed by atoms with Crippen LogP contribution in [0.15, 0.2) is 36.5 Å². The van der Waals surface area contributed by atoms with E-state index in [0.717, 1.165) is 5.56 Å². The van der Waals surface area contributed by atoms with E-state index in [9.17, 15) is 9.18 Å². The molecule has 0 bridgehead atoms. The smallest absolute Gasteiger partial charge is 0.258 e. The van der Waals surface area contributed by atoms with Crippen LogP contribution in [0.2, 0.25) is 0 Å². The first-order valence-corrected chi connectivity index (χ1v) is 5.53. The van der Waals surface area contributed by atoms with E-state index in [0.29, 0.717) is 5.69 Å². The highest BCUT2D eigenvalue weighted by Gasteiger charge is 2.14. The maximum Gasteiger partial charge on any atom is 0.258 e. The van der Waals surface area contributed by atoms with Gasteiger partial charge in [-0.25, -0.2) is 9.37 Å². The zero-order valence-electron chi connectivity index (χ0n) is 9.93. The van der Waals surface area contributed by atoms with Crippen molar-refractivity contribution in [2.45, 2.75) is 6.61 Å². The monoisotopic (exact) mass is 261 g/mol. The number of amides is 1. The first kappa shape index (κ1) is 13.0. The molecular weight excluding hydrogens is 249 g/mol. The summed E-state index contributed by atoms with van der Waals surface area (Å²) in [5, 5.41) is 11.4. The molecule has 2 rings (SSSR count). The summed E-state index contributed by atoms with van der Waals surface area (Å²) in [4.78, 5) is 15.4. The van der Waals surface area contributed by atoms with Crippen molar-refractivity contribution in [1.82, 2.24) is 4.98 Å². The Hall–Kier alpha value is -2.47. The molecule has 0 radical (unpaired) electrons. The molecule has 0 aliphatic heterocycles. The Kier molecular flexibility index (Phi) is 3.72. The lowest BCUT2D eigenvalue weighted by Crippen LogP contribution is -2.15. The molecule has 19 heavy (non-hydrogen) atoms. The number of rotatable bonds is 3. The van der Waals surface area contributed by atoms with E-state index in [-0.39, 0.29) is 18.0 Å². The van der Waals surface area contributed by atoms with Gasteiger partial charge in [-0.15, -0.1) is 0 Å². The lowest BCUT2D eigenvalue weighted by atomic mass is 10.2. The lowest BCUT2D eigenvalue weighted by molar-refractivity contribution is 0.102. The summed E-state index contributed by atoms with van der Waals surface area (Å²) >= 11 is 0. The number of aliphatic hydroxyl groups excluding tert-OH is 1. The van der Waals surface area contributed by atoms with Gasteiger partial charge >= 0.3 is 0 Å². The Morgan fingerprint density at radius 1 is 1.32 bits per heavy atom. The van der Waals surface area contributed by atoms with Gasteiger partial charge in [0.15, 0.2) is 11.6 Å². The van der Waals surface area contributed by atoms with Crippen LogP contribution >= 0.6 is 0 Å². The van der Waals surface area contributed by atoms with E-state index in [1.807, 2.05) is 0 Å². The van der Waals surface area contributed by atoms with E-state index in [1.165, 1.54) is 12.3 Å². The van der Waals surface area contributed by atoms with Gasteiger partial charge in [-0.2, -0.15) is 0 Å². The van der Waals surface area contributed by atoms with E-state index >= 15 is 0 Å². The van der Waals surface area contributed by atoms with Crippen molar-refractivity contribution in [3.63, 3.8) is 0 Å². The summed E-state index contributed by atoms with van der Waals surface area (Å²) in [6.07, 6.45) is 1.27. The fourth-order valence-corrected chi connectivity index (χ4v) is 1.53. The normalized spacial score (nSPS) is 10.2. The zero-order valence-corrected chi connectivity index (χ0v) is 9.93. The molecule has 0 saturated carbocycles. The van der Waals surface area contributed by atoms with E-state index < -0.39 is 11.7 Å². The SMILES string of the molecule is Nc1nccc(C(=O)Nc2ccc(CO)cc2)c1F. The van der Waals surface area contributed by atoms with Crippen molar-refractivity contribution in [2.24, 2.45) is 0 Å². The van der Waals surface area contributed by atoms with Gasteiger partial charge < -0.3 is 16.2 Å². The van der Waals surface area contributed by atoms with Crippen molar-refractivity contribution < 1.29 is 14.3 Å². The molecule has 1 heterocycles. The summed E-state index contributed by atoms with van der Waals surface area (Å²) in [6, 6.07) is 7.81. The number of pyridine rings is 1. The van der Waals surface area contributed by atoms with Crippen LogP contribution in [0.25, 0.3) is 0 Å². The Morgan fingerprint density at radius 3 is 2.63 bits per heavy atom. The maximum absolute atomic E-state index is 13.6. The summed E-state index contributed by atoms with van der Waals surface area (Å²) in [5.74, 6) is -1.77. The van der Waals surface area contributed by atoms with Crippen molar-refractivity contribution >= 4 is 17.4 Å². The van der Waals surface area contributed by atoms with Gasteiger partial charge in [-0.1, -0.05) is 12.1 Å². The number of benzene rings is 1. The number of aromatic nitrogens is 1. The third kappa shape index (κ3) is 2.86. The number of aliphatic hydroxyl groups is 1. The molecule has 0 atom stereocenters. The third-order valence-electron chi connectivity index (χ3n) is 2.56. The molecule has 2 aromatic rings. The molecule has 0 aliphatic carbocycles. The van der Waals surface area contributed by atoms with Crippen LogP contribution in [0, 0.1) is 5.82 Å². The lowest BCUT2D eigenvalue weighted by Gasteiger charge is -2.07. The topological polar surface area (TPSA) is 88.2 Å². The predicted octanol–water partition coefficient (Wildman–Crippen LogP) is 1.55. The predicted molar refractivity (Wildman–Crippen MR) is 68.9 cm³/mol. The molecule has 0 fully saturated rings. The van der Waals surface area contributed by atoms with Crippen LogP contribution in [0.1, 0.15) is 15.9 Å². The number of halogens is 1. The molecule has 0 spiro atoms. The number of carbonyl (C=O) groups excluding carboxylic acids is 1. The van der Waals surface area contributed by atoms with Crippen molar-refractivity contribution in [3.8, 4) is 0 Å². The number of nitrogens with zero attached hydrogens (tertiary/aromatic N) is 1. The molecule has 6 heteroatoms. The van der Waals surface area contributed by atoms with E-state index in [4.69, 9.17) is 10.8 Å². The molecule has 0 unspecified atom stereocenters. The maximum atomic E-state index is 13.6. The molecule has 5 nitrogen and oxygen atoms in total. The van der Waals surface area contributed by atoms with Crippen LogP contribution in [0.5, 0.6) is 0 Å². The minimum absolute atomic E-state index is 0.0796. The van der Waals surface area contributed by atoms with Gasteiger partial charge in [0.05, 0.1) is 12.2 Å². The first-order valence-electron chi connectivity index (χ1n) is 5.53. The highest BCUT2D eigenvalue weighted by atomic mass is 19.1. The van der Waals surface area contributed by atoms with E-state index in [2.05, 4.69) is 10.3 Å². The van der Waals surface area contributed by atoms with Crippen LogP contribution in [-0.2, 0) is 6.61 Å². The van der Waals surface area contributed by atoms with E-state index in [1.54, 1.807) is 24.3 Å². The largest absolute Gasteiger partial charge is 0.392 e. The second kappa shape index (κ2) is 5.45. The third-order valence-corrected chi connectivity index (χ3v) is 2.56. The second-order valence-electron chi connectivity index (χ2n) is 3.87. The van der Waals surface area contributed by atoms with Crippen LogP contribution < -0.4 is 11.1 Å². The number of carbonyl (C=O) groups is 1. The van der Waals surface area contributed by atoms with Gasteiger partial charge in [0.1, 0.15) is 0 Å². The number of nitrogens with one attached hydrogen (secondary N) is 1. The number of hydrogen-bond acceptors (Lipinski definition) is 4. The van der Waals surface area contributed by atoms with Gasteiger partial charge in [-0.05, 0) is 23.8 Å². The Balaban J connectivity index is 2.18. The van der Waals surface area contributed by atoms with Crippen molar-refractivity contribution in [2.75, 3.05) is 11.1 Å². The molecule has 98 valence electrons. The summed E-state index contributed by atoms with van der Waals surface area (Å²) in [7, 11) is 0. The molecule has 1 amide bonds. The fourth-order valence-electron chi connectivity index (χ4n) is 1.53. The molecule has 0 saturated heterocycles. The van der Waals surface area contributed by atoms with Crippen molar-refractivity contribution in [1.29, 1.82) is 0 Å². The van der Waals surface area contributed by atoms with Gasteiger partial charge in [0.2, 0.25) is 0 Å². The van der Waals surface area contributed by atoms with Crippen LogP contribution in [0.3, 0.4) is 0 Å². The van der Waals surface area contributed by atoms with Crippen LogP contribution in [-0.4, -0.2) is 16.0 Å². The Labute approximate surface area is 108 Å². The first-order chi connectivity index (χ1) is 9.11. The van der Waals surface area contributed by atoms with Gasteiger partial charge in [0, 0.05) is 11.9 Å².